The van der Waals surface area contributed by atoms with Crippen LogP contribution in [0.15, 0.2) is 39.6 Å². The van der Waals surface area contributed by atoms with Crippen LogP contribution in [0, 0.1) is 0 Å². The van der Waals surface area contributed by atoms with Crippen molar-refractivity contribution in [3.05, 3.63) is 42.2 Å². The molecule has 0 aliphatic heterocycles. The standard InChI is InChI=1S/C12H15N3O3/c1-9(13-8-11-4-5-15-18-11)12(16)14-7-10-3-2-6-17-10/h2-6,9,13H,7-8H2,1H3,(H,14,16). The van der Waals surface area contributed by atoms with Gasteiger partial charge in [0.05, 0.1) is 31.6 Å². The van der Waals surface area contributed by atoms with Crippen LogP contribution < -0.4 is 10.6 Å². The number of amides is 1. The third-order valence-electron chi connectivity index (χ3n) is 2.48. The maximum atomic E-state index is 11.7. The number of furan rings is 1. The summed E-state index contributed by atoms with van der Waals surface area (Å²) in [7, 11) is 0. The second kappa shape index (κ2) is 6.02. The molecule has 2 rings (SSSR count). The Labute approximate surface area is 104 Å². The van der Waals surface area contributed by atoms with Crippen molar-refractivity contribution < 1.29 is 13.7 Å². The molecule has 18 heavy (non-hydrogen) atoms. The minimum absolute atomic E-state index is 0.0917. The molecule has 2 aromatic rings. The average molecular weight is 249 g/mol. The first-order valence-corrected chi connectivity index (χ1v) is 5.69. The molecule has 2 N–H and O–H groups in total. The highest BCUT2D eigenvalue weighted by Crippen LogP contribution is 1.99. The van der Waals surface area contributed by atoms with Gasteiger partial charge in [0.1, 0.15) is 11.5 Å². The van der Waals surface area contributed by atoms with Gasteiger partial charge in [-0.05, 0) is 19.1 Å². The summed E-state index contributed by atoms with van der Waals surface area (Å²) in [5.41, 5.74) is 0. The summed E-state index contributed by atoms with van der Waals surface area (Å²) in [4.78, 5) is 11.7. The Morgan fingerprint density at radius 1 is 1.39 bits per heavy atom. The van der Waals surface area contributed by atoms with Crippen LogP contribution in [-0.2, 0) is 17.9 Å². The van der Waals surface area contributed by atoms with Crippen LogP contribution in [0.1, 0.15) is 18.4 Å². The van der Waals surface area contributed by atoms with Crippen molar-refractivity contribution in [3.8, 4) is 0 Å². The summed E-state index contributed by atoms with van der Waals surface area (Å²) >= 11 is 0. The quantitative estimate of drug-likeness (QED) is 0.800. The molecule has 0 fully saturated rings. The molecular formula is C12H15N3O3. The molecule has 0 bridgehead atoms. The molecule has 6 heteroatoms. The SMILES string of the molecule is CC(NCc1ccno1)C(=O)NCc1ccco1. The zero-order chi connectivity index (χ0) is 12.8. The van der Waals surface area contributed by atoms with Gasteiger partial charge in [-0.3, -0.25) is 10.1 Å². The van der Waals surface area contributed by atoms with E-state index in [0.29, 0.717) is 18.8 Å². The summed E-state index contributed by atoms with van der Waals surface area (Å²) in [6, 6.07) is 5.03. The summed E-state index contributed by atoms with van der Waals surface area (Å²) in [6.45, 7) is 2.64. The second-order valence-corrected chi connectivity index (χ2v) is 3.88. The zero-order valence-corrected chi connectivity index (χ0v) is 10.1. The number of hydrogen-bond donors (Lipinski definition) is 2. The molecule has 6 nitrogen and oxygen atoms in total. The highest BCUT2D eigenvalue weighted by atomic mass is 16.5. The molecule has 0 saturated heterocycles. The maximum absolute atomic E-state index is 11.7. The molecule has 2 heterocycles. The molecular weight excluding hydrogens is 234 g/mol. The number of aromatic nitrogens is 1. The number of carbonyl (C=O) groups excluding carboxylic acids is 1. The monoisotopic (exact) mass is 249 g/mol. The zero-order valence-electron chi connectivity index (χ0n) is 10.1. The highest BCUT2D eigenvalue weighted by molar-refractivity contribution is 5.81. The van der Waals surface area contributed by atoms with Crippen LogP contribution >= 0.6 is 0 Å². The Bertz CT molecular complexity index is 465. The normalized spacial score (nSPS) is 12.3. The molecule has 0 saturated carbocycles. The van der Waals surface area contributed by atoms with Crippen molar-refractivity contribution in [2.24, 2.45) is 0 Å². The van der Waals surface area contributed by atoms with E-state index in [2.05, 4.69) is 15.8 Å². The van der Waals surface area contributed by atoms with Crippen molar-refractivity contribution in [2.45, 2.75) is 26.1 Å². The van der Waals surface area contributed by atoms with Crippen LogP contribution in [0.25, 0.3) is 0 Å². The van der Waals surface area contributed by atoms with E-state index in [1.54, 1.807) is 31.5 Å². The van der Waals surface area contributed by atoms with Crippen molar-refractivity contribution >= 4 is 5.91 Å². The number of hydrogen-bond acceptors (Lipinski definition) is 5. The Kier molecular flexibility index (Phi) is 4.14. The van der Waals surface area contributed by atoms with Crippen LogP contribution in [0.3, 0.4) is 0 Å². The predicted molar refractivity (Wildman–Crippen MR) is 63.4 cm³/mol. The topological polar surface area (TPSA) is 80.3 Å². The molecule has 1 amide bonds. The molecule has 0 spiro atoms. The van der Waals surface area contributed by atoms with Gasteiger partial charge >= 0.3 is 0 Å². The minimum atomic E-state index is -0.315. The van der Waals surface area contributed by atoms with Gasteiger partial charge in [-0.25, -0.2) is 0 Å². The molecule has 1 unspecified atom stereocenters. The fraction of sp³-hybridized carbons (Fsp3) is 0.333. The molecule has 2 aromatic heterocycles. The van der Waals surface area contributed by atoms with E-state index >= 15 is 0 Å². The Morgan fingerprint density at radius 2 is 2.28 bits per heavy atom. The second-order valence-electron chi connectivity index (χ2n) is 3.88. The van der Waals surface area contributed by atoms with Gasteiger partial charge in [0.2, 0.25) is 5.91 Å². The van der Waals surface area contributed by atoms with E-state index in [1.807, 2.05) is 6.07 Å². The molecule has 0 aliphatic rings. The molecule has 0 radical (unpaired) electrons. The van der Waals surface area contributed by atoms with Crippen molar-refractivity contribution in [2.75, 3.05) is 0 Å². The van der Waals surface area contributed by atoms with E-state index in [1.165, 1.54) is 0 Å². The van der Waals surface area contributed by atoms with Crippen LogP contribution in [0.4, 0.5) is 0 Å². The van der Waals surface area contributed by atoms with E-state index in [0.717, 1.165) is 5.76 Å². The molecule has 0 aromatic carbocycles. The van der Waals surface area contributed by atoms with Gasteiger partial charge in [-0.1, -0.05) is 5.16 Å². The third-order valence-corrected chi connectivity index (χ3v) is 2.48. The first kappa shape index (κ1) is 12.4. The Morgan fingerprint density at radius 3 is 2.94 bits per heavy atom. The smallest absolute Gasteiger partial charge is 0.237 e. The van der Waals surface area contributed by atoms with Crippen molar-refractivity contribution in [1.82, 2.24) is 15.8 Å². The molecule has 96 valence electrons. The van der Waals surface area contributed by atoms with Gasteiger partial charge in [0.25, 0.3) is 0 Å². The lowest BCUT2D eigenvalue weighted by molar-refractivity contribution is -0.123. The van der Waals surface area contributed by atoms with Gasteiger partial charge in [-0.2, -0.15) is 0 Å². The van der Waals surface area contributed by atoms with Gasteiger partial charge < -0.3 is 14.3 Å². The Hall–Kier alpha value is -2.08. The van der Waals surface area contributed by atoms with Gasteiger partial charge in [0.15, 0.2) is 0 Å². The van der Waals surface area contributed by atoms with E-state index in [9.17, 15) is 4.79 Å². The largest absolute Gasteiger partial charge is 0.467 e. The lowest BCUT2D eigenvalue weighted by Gasteiger charge is -2.12. The summed E-state index contributed by atoms with van der Waals surface area (Å²) < 4.78 is 10.0. The van der Waals surface area contributed by atoms with Crippen LogP contribution in [0.5, 0.6) is 0 Å². The highest BCUT2D eigenvalue weighted by Gasteiger charge is 2.12. The number of carbonyl (C=O) groups is 1. The Balaban J connectivity index is 1.71. The van der Waals surface area contributed by atoms with Gasteiger partial charge in [0, 0.05) is 6.07 Å². The number of nitrogens with zero attached hydrogens (tertiary/aromatic N) is 1. The van der Waals surface area contributed by atoms with Crippen molar-refractivity contribution in [3.63, 3.8) is 0 Å². The summed E-state index contributed by atoms with van der Waals surface area (Å²) in [5, 5.41) is 9.40. The first-order valence-electron chi connectivity index (χ1n) is 5.69. The fourth-order valence-electron chi connectivity index (χ4n) is 1.42. The minimum Gasteiger partial charge on any atom is -0.467 e. The lowest BCUT2D eigenvalue weighted by Crippen LogP contribution is -2.41. The van der Waals surface area contributed by atoms with Crippen LogP contribution in [-0.4, -0.2) is 17.1 Å². The summed E-state index contributed by atoms with van der Waals surface area (Å²) in [6.07, 6.45) is 3.14. The molecule has 1 atom stereocenters. The van der Waals surface area contributed by atoms with Crippen LogP contribution in [0.2, 0.25) is 0 Å². The number of nitrogens with one attached hydrogen (secondary N) is 2. The summed E-state index contributed by atoms with van der Waals surface area (Å²) in [5.74, 6) is 1.33. The lowest BCUT2D eigenvalue weighted by atomic mass is 10.3. The number of rotatable bonds is 6. The maximum Gasteiger partial charge on any atom is 0.237 e. The average Bonchev–Trinajstić information content (AvgIpc) is 3.05. The predicted octanol–water partition coefficient (Wildman–Crippen LogP) is 1.06. The van der Waals surface area contributed by atoms with E-state index in [-0.39, 0.29) is 11.9 Å². The fourth-order valence-corrected chi connectivity index (χ4v) is 1.42. The molecule has 0 aliphatic carbocycles. The van der Waals surface area contributed by atoms with E-state index in [4.69, 9.17) is 8.94 Å². The van der Waals surface area contributed by atoms with Crippen molar-refractivity contribution in [1.29, 1.82) is 0 Å². The van der Waals surface area contributed by atoms with Gasteiger partial charge in [-0.15, -0.1) is 0 Å². The first-order chi connectivity index (χ1) is 8.75. The van der Waals surface area contributed by atoms with E-state index < -0.39 is 0 Å². The third kappa shape index (κ3) is 3.46.